The molecular formula is C27H31NO5. The molecule has 0 spiro atoms. The molecule has 2 fully saturated rings. The number of Topliss-reactive ketones (excluding diaryl/α,β-unsaturated/α-hetero) is 1. The van der Waals surface area contributed by atoms with Crippen molar-refractivity contribution >= 4 is 17.4 Å². The summed E-state index contributed by atoms with van der Waals surface area (Å²) in [7, 11) is 3.18. The highest BCUT2D eigenvalue weighted by atomic mass is 16.5. The standard InChI is InChI=1S/C27H31NO5/c1-16-14-22(33-4)17(2)13-21(16)25(29)23-24(18-9-8-12-20(15-18)32-3)28(27(31)26(23)30)19-10-6-5-7-11-19/h8-9,12-15,19,24,29H,5-7,10-11H2,1-4H3/b25-23+. The molecule has 33 heavy (non-hydrogen) atoms. The van der Waals surface area contributed by atoms with Crippen molar-refractivity contribution < 1.29 is 24.2 Å². The molecular weight excluding hydrogens is 418 g/mol. The summed E-state index contributed by atoms with van der Waals surface area (Å²) in [6, 6.07) is 10.3. The van der Waals surface area contributed by atoms with Gasteiger partial charge in [0.25, 0.3) is 11.7 Å². The van der Waals surface area contributed by atoms with Gasteiger partial charge in [0.2, 0.25) is 0 Å². The van der Waals surface area contributed by atoms with Crippen LogP contribution in [0.4, 0.5) is 0 Å². The summed E-state index contributed by atoms with van der Waals surface area (Å²) in [4.78, 5) is 28.4. The third kappa shape index (κ3) is 4.10. The number of nitrogens with zero attached hydrogens (tertiary/aromatic N) is 1. The van der Waals surface area contributed by atoms with Crippen molar-refractivity contribution in [3.05, 3.63) is 64.2 Å². The first-order chi connectivity index (χ1) is 15.9. The zero-order valence-electron chi connectivity index (χ0n) is 19.7. The number of amides is 1. The molecule has 1 saturated heterocycles. The molecule has 6 heteroatoms. The lowest BCUT2D eigenvalue weighted by Crippen LogP contribution is -2.40. The minimum atomic E-state index is -0.662. The lowest BCUT2D eigenvalue weighted by atomic mass is 9.90. The van der Waals surface area contributed by atoms with E-state index in [0.29, 0.717) is 17.1 Å². The van der Waals surface area contributed by atoms with E-state index in [-0.39, 0.29) is 17.4 Å². The molecule has 1 heterocycles. The maximum absolute atomic E-state index is 13.4. The Morgan fingerprint density at radius 1 is 0.970 bits per heavy atom. The average molecular weight is 450 g/mol. The molecule has 0 aromatic heterocycles. The normalized spacial score (nSPS) is 20.8. The molecule has 2 aromatic rings. The SMILES string of the molecule is COc1cccc(C2/C(=C(\O)c3cc(C)c(OC)cc3C)C(=O)C(=O)N2C2CCCCC2)c1. The van der Waals surface area contributed by atoms with E-state index in [4.69, 9.17) is 9.47 Å². The molecule has 174 valence electrons. The maximum atomic E-state index is 13.4. The zero-order valence-corrected chi connectivity index (χ0v) is 19.7. The molecule has 1 aliphatic heterocycles. The van der Waals surface area contributed by atoms with E-state index < -0.39 is 17.7 Å². The van der Waals surface area contributed by atoms with Crippen LogP contribution >= 0.6 is 0 Å². The number of hydrogen-bond acceptors (Lipinski definition) is 5. The quantitative estimate of drug-likeness (QED) is 0.392. The number of aryl methyl sites for hydroxylation is 2. The molecule has 2 aromatic carbocycles. The van der Waals surface area contributed by atoms with Crippen molar-refractivity contribution in [3.63, 3.8) is 0 Å². The Kier molecular flexibility index (Phi) is 6.45. The topological polar surface area (TPSA) is 76.1 Å². The van der Waals surface area contributed by atoms with Crippen LogP contribution < -0.4 is 9.47 Å². The van der Waals surface area contributed by atoms with Crippen LogP contribution in [0.25, 0.3) is 5.76 Å². The van der Waals surface area contributed by atoms with E-state index in [1.165, 1.54) is 0 Å². The Morgan fingerprint density at radius 2 is 1.70 bits per heavy atom. The third-order valence-corrected chi connectivity index (χ3v) is 6.85. The Morgan fingerprint density at radius 3 is 2.36 bits per heavy atom. The minimum absolute atomic E-state index is 0.0320. The van der Waals surface area contributed by atoms with Gasteiger partial charge in [-0.25, -0.2) is 0 Å². The van der Waals surface area contributed by atoms with E-state index in [1.807, 2.05) is 44.2 Å². The molecule has 6 nitrogen and oxygen atoms in total. The molecule has 1 aliphatic carbocycles. The highest BCUT2D eigenvalue weighted by Gasteiger charge is 2.49. The fourth-order valence-corrected chi connectivity index (χ4v) is 5.13. The Bertz CT molecular complexity index is 1110. The van der Waals surface area contributed by atoms with Crippen LogP contribution in [-0.2, 0) is 9.59 Å². The summed E-state index contributed by atoms with van der Waals surface area (Å²) in [6.45, 7) is 3.74. The Hall–Kier alpha value is -3.28. The lowest BCUT2D eigenvalue weighted by molar-refractivity contribution is -0.141. The lowest BCUT2D eigenvalue weighted by Gasteiger charge is -2.35. The number of aliphatic hydroxyl groups is 1. The third-order valence-electron chi connectivity index (χ3n) is 6.85. The highest BCUT2D eigenvalue weighted by molar-refractivity contribution is 6.46. The molecule has 0 radical (unpaired) electrons. The summed E-state index contributed by atoms with van der Waals surface area (Å²) >= 11 is 0. The van der Waals surface area contributed by atoms with Crippen molar-refractivity contribution in [1.82, 2.24) is 4.90 Å². The predicted octanol–water partition coefficient (Wildman–Crippen LogP) is 5.08. The van der Waals surface area contributed by atoms with Crippen LogP contribution in [0.3, 0.4) is 0 Å². The van der Waals surface area contributed by atoms with Gasteiger partial charge in [0.1, 0.15) is 17.3 Å². The number of carbonyl (C=O) groups is 2. The van der Waals surface area contributed by atoms with Crippen LogP contribution in [0.1, 0.15) is 60.4 Å². The molecule has 1 saturated carbocycles. The minimum Gasteiger partial charge on any atom is -0.507 e. The first kappa shape index (κ1) is 22.9. The number of ether oxygens (including phenoxy) is 2. The van der Waals surface area contributed by atoms with Crippen LogP contribution in [0.2, 0.25) is 0 Å². The zero-order chi connectivity index (χ0) is 23.7. The van der Waals surface area contributed by atoms with Gasteiger partial charge >= 0.3 is 0 Å². The van der Waals surface area contributed by atoms with Gasteiger partial charge < -0.3 is 19.5 Å². The van der Waals surface area contributed by atoms with Gasteiger partial charge in [-0.1, -0.05) is 31.4 Å². The number of hydrogen-bond donors (Lipinski definition) is 1. The van der Waals surface area contributed by atoms with E-state index in [9.17, 15) is 14.7 Å². The summed E-state index contributed by atoms with van der Waals surface area (Å²) < 4.78 is 10.8. The number of aliphatic hydroxyl groups excluding tert-OH is 1. The predicted molar refractivity (Wildman–Crippen MR) is 126 cm³/mol. The van der Waals surface area contributed by atoms with Gasteiger partial charge in [-0.05, 0) is 67.6 Å². The fourth-order valence-electron chi connectivity index (χ4n) is 5.13. The van der Waals surface area contributed by atoms with E-state index in [2.05, 4.69) is 0 Å². The number of benzene rings is 2. The average Bonchev–Trinajstić information content (AvgIpc) is 3.10. The van der Waals surface area contributed by atoms with Gasteiger partial charge in [-0.3, -0.25) is 9.59 Å². The number of rotatable bonds is 5. The molecule has 1 N–H and O–H groups in total. The smallest absolute Gasteiger partial charge is 0.295 e. The number of likely N-dealkylation sites (tertiary alicyclic amines) is 1. The van der Waals surface area contributed by atoms with Crippen LogP contribution in [0.5, 0.6) is 11.5 Å². The van der Waals surface area contributed by atoms with Crippen molar-refractivity contribution in [1.29, 1.82) is 0 Å². The van der Waals surface area contributed by atoms with Crippen LogP contribution in [-0.4, -0.2) is 42.0 Å². The molecule has 1 amide bonds. The van der Waals surface area contributed by atoms with Crippen molar-refractivity contribution in [2.75, 3.05) is 14.2 Å². The van der Waals surface area contributed by atoms with Gasteiger partial charge in [-0.15, -0.1) is 0 Å². The fraction of sp³-hybridized carbons (Fsp3) is 0.407. The Balaban J connectivity index is 1.91. The second-order valence-corrected chi connectivity index (χ2v) is 8.91. The van der Waals surface area contributed by atoms with Crippen molar-refractivity contribution in [2.24, 2.45) is 0 Å². The Labute approximate surface area is 194 Å². The molecule has 0 bridgehead atoms. The van der Waals surface area contributed by atoms with Gasteiger partial charge in [-0.2, -0.15) is 0 Å². The highest BCUT2D eigenvalue weighted by Crippen LogP contribution is 2.44. The van der Waals surface area contributed by atoms with Gasteiger partial charge in [0.15, 0.2) is 0 Å². The first-order valence-corrected chi connectivity index (χ1v) is 11.5. The first-order valence-electron chi connectivity index (χ1n) is 11.5. The summed E-state index contributed by atoms with van der Waals surface area (Å²) in [5.74, 6) is 0.00918. The molecule has 1 atom stereocenters. The van der Waals surface area contributed by atoms with Gasteiger partial charge in [0, 0.05) is 11.6 Å². The van der Waals surface area contributed by atoms with Crippen LogP contribution in [0.15, 0.2) is 42.0 Å². The molecule has 2 aliphatic rings. The second-order valence-electron chi connectivity index (χ2n) is 8.91. The maximum Gasteiger partial charge on any atom is 0.295 e. The number of methoxy groups -OCH3 is 2. The van der Waals surface area contributed by atoms with E-state index in [1.54, 1.807) is 25.2 Å². The second kappa shape index (κ2) is 9.30. The monoisotopic (exact) mass is 449 g/mol. The number of ketones is 1. The molecule has 1 unspecified atom stereocenters. The van der Waals surface area contributed by atoms with E-state index in [0.717, 1.165) is 48.8 Å². The summed E-state index contributed by atoms with van der Waals surface area (Å²) in [5.41, 5.74) is 3.02. The van der Waals surface area contributed by atoms with Crippen molar-refractivity contribution in [2.45, 2.75) is 58.0 Å². The number of carbonyl (C=O) groups excluding carboxylic acids is 2. The largest absolute Gasteiger partial charge is 0.507 e. The summed E-state index contributed by atoms with van der Waals surface area (Å²) in [6.07, 6.45) is 4.89. The molecule has 4 rings (SSSR count). The van der Waals surface area contributed by atoms with Crippen molar-refractivity contribution in [3.8, 4) is 11.5 Å². The summed E-state index contributed by atoms with van der Waals surface area (Å²) in [5, 5.41) is 11.5. The van der Waals surface area contributed by atoms with E-state index >= 15 is 0 Å². The van der Waals surface area contributed by atoms with Gasteiger partial charge in [0.05, 0.1) is 25.8 Å². The van der Waals surface area contributed by atoms with Crippen LogP contribution in [0, 0.1) is 13.8 Å².